The van der Waals surface area contributed by atoms with Crippen LogP contribution in [0, 0.1) is 17.1 Å². The van der Waals surface area contributed by atoms with Gasteiger partial charge in [-0.2, -0.15) is 0 Å². The van der Waals surface area contributed by atoms with Gasteiger partial charge in [-0.15, -0.1) is 0 Å². The molecule has 0 aromatic heterocycles. The topological polar surface area (TPSA) is 65.4 Å². The van der Waals surface area contributed by atoms with Crippen molar-refractivity contribution in [3.8, 4) is 0 Å². The summed E-state index contributed by atoms with van der Waals surface area (Å²) in [5.41, 5.74) is 1.80. The molecule has 29 heavy (non-hydrogen) atoms. The molecule has 0 saturated heterocycles. The van der Waals surface area contributed by atoms with Crippen LogP contribution in [-0.4, -0.2) is 43.2 Å². The summed E-state index contributed by atoms with van der Waals surface area (Å²) in [4.78, 5) is 14.5. The molecule has 0 saturated carbocycles. The lowest BCUT2D eigenvalue weighted by molar-refractivity contribution is -0.125. The number of nitrogens with zero attached hydrogens (tertiary/aromatic N) is 1. The van der Waals surface area contributed by atoms with Crippen molar-refractivity contribution in [1.82, 2.24) is 10.2 Å². The van der Waals surface area contributed by atoms with Gasteiger partial charge in [0.2, 0.25) is 5.91 Å². The molecule has 1 aromatic rings. The molecule has 1 aromatic carbocycles. The third-order valence-corrected chi connectivity index (χ3v) is 5.54. The van der Waals surface area contributed by atoms with E-state index in [2.05, 4.69) is 23.7 Å². The van der Waals surface area contributed by atoms with Gasteiger partial charge in [-0.25, -0.2) is 4.39 Å². The van der Waals surface area contributed by atoms with Gasteiger partial charge in [-0.1, -0.05) is 31.7 Å². The van der Waals surface area contributed by atoms with Crippen LogP contribution in [0.25, 0.3) is 0 Å². The summed E-state index contributed by atoms with van der Waals surface area (Å²) in [5.74, 6) is -0.640. The van der Waals surface area contributed by atoms with E-state index in [-0.39, 0.29) is 17.6 Å². The van der Waals surface area contributed by atoms with Crippen molar-refractivity contribution in [1.29, 1.82) is 5.41 Å². The number of allylic oxidation sites excluding steroid dienone is 3. The van der Waals surface area contributed by atoms with Crippen molar-refractivity contribution in [3.63, 3.8) is 0 Å². The lowest BCUT2D eigenvalue weighted by Crippen LogP contribution is -2.40. The summed E-state index contributed by atoms with van der Waals surface area (Å²) >= 11 is 0. The van der Waals surface area contributed by atoms with Crippen molar-refractivity contribution in [2.45, 2.75) is 38.9 Å². The second-order valence-electron chi connectivity index (χ2n) is 7.60. The molecule has 6 heteroatoms. The van der Waals surface area contributed by atoms with Crippen molar-refractivity contribution in [2.75, 3.05) is 26.7 Å². The van der Waals surface area contributed by atoms with Gasteiger partial charge in [-0.05, 0) is 49.2 Å². The second kappa shape index (κ2) is 10.5. The molecule has 0 bridgehead atoms. The fourth-order valence-corrected chi connectivity index (χ4v) is 3.71. The van der Waals surface area contributed by atoms with Crippen LogP contribution in [0.4, 0.5) is 4.39 Å². The molecule has 2 unspecified atom stereocenters. The third kappa shape index (κ3) is 6.08. The fourth-order valence-electron chi connectivity index (χ4n) is 3.71. The summed E-state index contributed by atoms with van der Waals surface area (Å²) in [7, 11) is 1.62. The average molecular weight is 402 g/mol. The minimum absolute atomic E-state index is 0.0732. The van der Waals surface area contributed by atoms with Gasteiger partial charge < -0.3 is 20.4 Å². The van der Waals surface area contributed by atoms with Gasteiger partial charge in [0.1, 0.15) is 5.82 Å². The molecular formula is C23H32FN3O2. The van der Waals surface area contributed by atoms with E-state index in [0.29, 0.717) is 38.2 Å². The number of fused-ring (bicyclic) bond motifs is 1. The molecule has 1 aliphatic heterocycles. The van der Waals surface area contributed by atoms with E-state index in [1.165, 1.54) is 6.07 Å². The molecule has 0 fully saturated rings. The summed E-state index contributed by atoms with van der Waals surface area (Å²) < 4.78 is 19.8. The molecule has 158 valence electrons. The highest BCUT2D eigenvalue weighted by molar-refractivity contribution is 5.95. The molecule has 1 heterocycles. The predicted octanol–water partition coefficient (Wildman–Crippen LogP) is 3.80. The van der Waals surface area contributed by atoms with Gasteiger partial charge in [0, 0.05) is 32.3 Å². The van der Waals surface area contributed by atoms with Crippen LogP contribution in [0.1, 0.15) is 37.8 Å². The first kappa shape index (κ1) is 23.0. The molecule has 2 rings (SSSR count). The number of amides is 1. The second-order valence-corrected chi connectivity index (χ2v) is 7.60. The minimum Gasteiger partial charge on any atom is -0.366 e. The Morgan fingerprint density at radius 2 is 2.28 bits per heavy atom. The molecular weight excluding hydrogens is 369 g/mol. The highest BCUT2D eigenvalue weighted by atomic mass is 19.1. The summed E-state index contributed by atoms with van der Waals surface area (Å²) in [5, 5.41) is 10.8. The van der Waals surface area contributed by atoms with Crippen molar-refractivity contribution in [2.24, 2.45) is 5.92 Å². The monoisotopic (exact) mass is 401 g/mol. The number of benzene rings is 1. The summed E-state index contributed by atoms with van der Waals surface area (Å²) in [6, 6.07) is 4.83. The van der Waals surface area contributed by atoms with Crippen LogP contribution in [0.5, 0.6) is 0 Å². The zero-order valence-corrected chi connectivity index (χ0v) is 17.6. The van der Waals surface area contributed by atoms with Gasteiger partial charge in [-0.3, -0.25) is 4.79 Å². The van der Waals surface area contributed by atoms with Crippen LogP contribution < -0.4 is 5.32 Å². The Morgan fingerprint density at radius 1 is 1.52 bits per heavy atom. The first-order valence-corrected chi connectivity index (χ1v) is 10.1. The Kier molecular flexibility index (Phi) is 8.29. The Morgan fingerprint density at radius 3 is 2.93 bits per heavy atom. The maximum atomic E-state index is 13.7. The van der Waals surface area contributed by atoms with Gasteiger partial charge in [0.05, 0.1) is 18.1 Å². The number of halogens is 1. The number of carbonyl (C=O) groups excluding carboxylic acids is 1. The molecule has 1 amide bonds. The standard InChI is InChI=1S/C23H32FN3O2/c1-5-7-8-20(25)13-18(22(28)26-4)15-27(6-2)12-11-23(3)21-14-19(24)10-9-17(21)16-29-23/h5,7-10,14,18,25H,1,6,11-13,15-16H2,2-4H3,(H,26,28)/b8-7-,25-20?. The Hall–Kier alpha value is -2.31. The zero-order valence-electron chi connectivity index (χ0n) is 17.6. The van der Waals surface area contributed by atoms with Gasteiger partial charge in [0.25, 0.3) is 0 Å². The highest BCUT2D eigenvalue weighted by Crippen LogP contribution is 2.39. The molecule has 0 aliphatic carbocycles. The number of hydrogen-bond acceptors (Lipinski definition) is 4. The number of nitrogens with one attached hydrogen (secondary N) is 2. The molecule has 1 aliphatic rings. The Bertz CT molecular complexity index is 777. The number of rotatable bonds is 11. The van der Waals surface area contributed by atoms with E-state index in [4.69, 9.17) is 10.1 Å². The SMILES string of the molecule is C=C/C=C\C(=N)CC(CN(CC)CCC1(C)OCc2ccc(F)cc21)C(=O)NC. The smallest absolute Gasteiger partial charge is 0.224 e. The molecule has 0 radical (unpaired) electrons. The molecule has 0 spiro atoms. The van der Waals surface area contributed by atoms with E-state index in [0.717, 1.165) is 17.7 Å². The van der Waals surface area contributed by atoms with Crippen LogP contribution in [-0.2, 0) is 21.7 Å². The minimum atomic E-state index is -0.535. The fraction of sp³-hybridized carbons (Fsp3) is 0.478. The van der Waals surface area contributed by atoms with Gasteiger partial charge in [0.15, 0.2) is 0 Å². The largest absolute Gasteiger partial charge is 0.366 e. The van der Waals surface area contributed by atoms with Gasteiger partial charge >= 0.3 is 0 Å². The van der Waals surface area contributed by atoms with E-state index in [1.54, 1.807) is 37.4 Å². The lowest BCUT2D eigenvalue weighted by Gasteiger charge is -2.30. The van der Waals surface area contributed by atoms with Crippen LogP contribution >= 0.6 is 0 Å². The Labute approximate surface area is 173 Å². The van der Waals surface area contributed by atoms with Crippen LogP contribution in [0.3, 0.4) is 0 Å². The quantitative estimate of drug-likeness (QED) is 0.438. The van der Waals surface area contributed by atoms with E-state index in [1.807, 2.05) is 6.92 Å². The average Bonchev–Trinajstić information content (AvgIpc) is 3.04. The Balaban J connectivity index is 2.04. The molecule has 5 nitrogen and oxygen atoms in total. The lowest BCUT2D eigenvalue weighted by atomic mass is 9.90. The zero-order chi connectivity index (χ0) is 21.4. The van der Waals surface area contributed by atoms with Crippen molar-refractivity contribution >= 4 is 11.6 Å². The maximum Gasteiger partial charge on any atom is 0.224 e. The van der Waals surface area contributed by atoms with Crippen LogP contribution in [0.15, 0.2) is 43.0 Å². The normalized spacial score (nSPS) is 19.3. The maximum absolute atomic E-state index is 13.7. The van der Waals surface area contributed by atoms with Crippen molar-refractivity contribution in [3.05, 3.63) is 60.0 Å². The summed E-state index contributed by atoms with van der Waals surface area (Å²) in [6.07, 6.45) is 6.05. The highest BCUT2D eigenvalue weighted by Gasteiger charge is 2.36. The van der Waals surface area contributed by atoms with E-state index < -0.39 is 5.60 Å². The predicted molar refractivity (Wildman–Crippen MR) is 115 cm³/mol. The third-order valence-electron chi connectivity index (χ3n) is 5.54. The van der Waals surface area contributed by atoms with Crippen molar-refractivity contribution < 1.29 is 13.9 Å². The summed E-state index contributed by atoms with van der Waals surface area (Å²) in [6.45, 7) is 10.2. The van der Waals surface area contributed by atoms with E-state index >= 15 is 0 Å². The number of carbonyl (C=O) groups is 1. The first-order valence-electron chi connectivity index (χ1n) is 10.1. The number of hydrogen-bond donors (Lipinski definition) is 2. The van der Waals surface area contributed by atoms with Crippen LogP contribution in [0.2, 0.25) is 0 Å². The molecule has 2 atom stereocenters. The van der Waals surface area contributed by atoms with E-state index in [9.17, 15) is 9.18 Å². The number of ether oxygens (including phenoxy) is 1. The molecule has 2 N–H and O–H groups in total. The first-order chi connectivity index (χ1) is 13.8.